The molecule has 25 heavy (non-hydrogen) atoms. The minimum absolute atomic E-state index is 0.0256. The van der Waals surface area contributed by atoms with Gasteiger partial charge in [0, 0.05) is 30.0 Å². The second kappa shape index (κ2) is 7.01. The minimum Gasteiger partial charge on any atom is -0.311 e. The van der Waals surface area contributed by atoms with Crippen LogP contribution in [0.3, 0.4) is 0 Å². The predicted molar refractivity (Wildman–Crippen MR) is 96.4 cm³/mol. The topological polar surface area (TPSA) is 75.2 Å². The van der Waals surface area contributed by atoms with Gasteiger partial charge in [-0.2, -0.15) is 0 Å². The van der Waals surface area contributed by atoms with Crippen molar-refractivity contribution in [2.75, 3.05) is 16.8 Å². The zero-order chi connectivity index (χ0) is 18.0. The van der Waals surface area contributed by atoms with Gasteiger partial charge in [0.25, 0.3) is 0 Å². The minimum atomic E-state index is -0.401. The molecular weight excluding hydrogens is 316 g/mol. The first-order chi connectivity index (χ1) is 12.0. The molecular formula is C19H22N4O2. The van der Waals surface area contributed by atoms with Crippen molar-refractivity contribution in [1.82, 2.24) is 9.97 Å². The SMILES string of the molecule is CCc1ccccc1N1CC(C(=O)Nc2nc(C)cc(C)n2)CC1=O. The average molecular weight is 338 g/mol. The Kier molecular flexibility index (Phi) is 4.79. The molecule has 2 amide bonds. The number of hydrogen-bond acceptors (Lipinski definition) is 4. The summed E-state index contributed by atoms with van der Waals surface area (Å²) in [6, 6.07) is 9.67. The molecule has 0 radical (unpaired) electrons. The van der Waals surface area contributed by atoms with Crippen LogP contribution in [0.25, 0.3) is 0 Å². The van der Waals surface area contributed by atoms with Gasteiger partial charge in [0.05, 0.1) is 5.92 Å². The van der Waals surface area contributed by atoms with Crippen molar-refractivity contribution in [2.24, 2.45) is 5.92 Å². The first kappa shape index (κ1) is 17.1. The highest BCUT2D eigenvalue weighted by molar-refractivity contribution is 6.03. The van der Waals surface area contributed by atoms with Gasteiger partial charge in [-0.3, -0.25) is 14.9 Å². The molecule has 1 aliphatic rings. The number of aryl methyl sites for hydroxylation is 3. The Hall–Kier alpha value is -2.76. The van der Waals surface area contributed by atoms with Gasteiger partial charge in [-0.05, 0) is 38.0 Å². The molecule has 6 heteroatoms. The number of anilines is 2. The van der Waals surface area contributed by atoms with E-state index in [1.807, 2.05) is 44.2 Å². The number of amides is 2. The summed E-state index contributed by atoms with van der Waals surface area (Å²) in [7, 11) is 0. The predicted octanol–water partition coefficient (Wildman–Crippen LogP) is 2.65. The van der Waals surface area contributed by atoms with Crippen LogP contribution in [-0.2, 0) is 16.0 Å². The molecule has 2 aromatic rings. The molecule has 0 aliphatic carbocycles. The Morgan fingerprint density at radius 3 is 2.60 bits per heavy atom. The third-order valence-electron chi connectivity index (χ3n) is 4.38. The third-order valence-corrected chi connectivity index (χ3v) is 4.38. The number of carbonyl (C=O) groups is 2. The standard InChI is InChI=1S/C19H22N4O2/c1-4-14-7-5-6-8-16(14)23-11-15(10-17(23)24)18(25)22-19-20-12(2)9-13(3)21-19/h5-9,15H,4,10-11H2,1-3H3,(H,20,21,22,25). The van der Waals surface area contributed by atoms with Gasteiger partial charge in [0.1, 0.15) is 0 Å². The number of para-hydroxylation sites is 1. The molecule has 2 heterocycles. The molecule has 1 saturated heterocycles. The highest BCUT2D eigenvalue weighted by atomic mass is 16.2. The maximum Gasteiger partial charge on any atom is 0.232 e. The second-order valence-electron chi connectivity index (χ2n) is 6.35. The normalized spacial score (nSPS) is 17.0. The largest absolute Gasteiger partial charge is 0.311 e. The van der Waals surface area contributed by atoms with Crippen molar-refractivity contribution in [3.63, 3.8) is 0 Å². The molecule has 0 saturated carbocycles. The van der Waals surface area contributed by atoms with E-state index in [-0.39, 0.29) is 18.2 Å². The van der Waals surface area contributed by atoms with Gasteiger partial charge >= 0.3 is 0 Å². The van der Waals surface area contributed by atoms with E-state index in [0.29, 0.717) is 12.5 Å². The Morgan fingerprint density at radius 2 is 1.92 bits per heavy atom. The van der Waals surface area contributed by atoms with Crippen molar-refractivity contribution in [1.29, 1.82) is 0 Å². The lowest BCUT2D eigenvalue weighted by Crippen LogP contribution is -2.29. The van der Waals surface area contributed by atoms with Crippen LogP contribution in [0.4, 0.5) is 11.6 Å². The molecule has 130 valence electrons. The van der Waals surface area contributed by atoms with Crippen LogP contribution < -0.4 is 10.2 Å². The summed E-state index contributed by atoms with van der Waals surface area (Å²) in [6.45, 7) is 6.15. The molecule has 1 N–H and O–H groups in total. The van der Waals surface area contributed by atoms with Crippen LogP contribution in [0.15, 0.2) is 30.3 Å². The summed E-state index contributed by atoms with van der Waals surface area (Å²) in [5.41, 5.74) is 3.59. The molecule has 1 unspecified atom stereocenters. The van der Waals surface area contributed by atoms with Gasteiger partial charge in [-0.25, -0.2) is 9.97 Å². The monoisotopic (exact) mass is 338 g/mol. The molecule has 6 nitrogen and oxygen atoms in total. The van der Waals surface area contributed by atoms with Gasteiger partial charge in [0.15, 0.2) is 0 Å². The number of hydrogen-bond donors (Lipinski definition) is 1. The molecule has 1 aliphatic heterocycles. The third kappa shape index (κ3) is 3.68. The number of nitrogens with zero attached hydrogens (tertiary/aromatic N) is 3. The number of carbonyl (C=O) groups excluding carboxylic acids is 2. The zero-order valence-electron chi connectivity index (χ0n) is 14.7. The lowest BCUT2D eigenvalue weighted by Gasteiger charge is -2.19. The Balaban J connectivity index is 1.74. The molecule has 0 bridgehead atoms. The summed E-state index contributed by atoms with van der Waals surface area (Å²) in [5, 5.41) is 2.75. The fourth-order valence-corrected chi connectivity index (χ4v) is 3.18. The summed E-state index contributed by atoms with van der Waals surface area (Å²) in [4.78, 5) is 35.1. The van der Waals surface area contributed by atoms with Crippen molar-refractivity contribution < 1.29 is 9.59 Å². The molecule has 0 spiro atoms. The zero-order valence-corrected chi connectivity index (χ0v) is 14.7. The quantitative estimate of drug-likeness (QED) is 0.930. The van der Waals surface area contributed by atoms with Crippen molar-refractivity contribution in [2.45, 2.75) is 33.6 Å². The Labute approximate surface area is 147 Å². The number of nitrogens with one attached hydrogen (secondary N) is 1. The van der Waals surface area contributed by atoms with Crippen LogP contribution in [0.5, 0.6) is 0 Å². The van der Waals surface area contributed by atoms with Crippen molar-refractivity contribution in [3.8, 4) is 0 Å². The van der Waals surface area contributed by atoms with E-state index in [2.05, 4.69) is 22.2 Å². The lowest BCUT2D eigenvalue weighted by molar-refractivity contribution is -0.122. The fraction of sp³-hybridized carbons (Fsp3) is 0.368. The first-order valence-corrected chi connectivity index (χ1v) is 8.49. The van der Waals surface area contributed by atoms with E-state index < -0.39 is 5.92 Å². The van der Waals surface area contributed by atoms with Gasteiger partial charge < -0.3 is 4.90 Å². The van der Waals surface area contributed by atoms with E-state index in [1.165, 1.54) is 0 Å². The molecule has 1 fully saturated rings. The second-order valence-corrected chi connectivity index (χ2v) is 6.35. The van der Waals surface area contributed by atoms with Crippen LogP contribution in [-0.4, -0.2) is 28.3 Å². The summed E-state index contributed by atoms with van der Waals surface area (Å²) in [6.07, 6.45) is 1.04. The number of rotatable bonds is 4. The maximum absolute atomic E-state index is 12.5. The van der Waals surface area contributed by atoms with Gasteiger partial charge in [-0.15, -0.1) is 0 Å². The highest BCUT2D eigenvalue weighted by Crippen LogP contribution is 2.29. The summed E-state index contributed by atoms with van der Waals surface area (Å²) < 4.78 is 0. The van der Waals surface area contributed by atoms with Crippen molar-refractivity contribution in [3.05, 3.63) is 47.3 Å². The van der Waals surface area contributed by atoms with Crippen LogP contribution in [0.2, 0.25) is 0 Å². The molecule has 1 aromatic carbocycles. The molecule has 1 aromatic heterocycles. The van der Waals surface area contributed by atoms with E-state index in [4.69, 9.17) is 0 Å². The maximum atomic E-state index is 12.5. The molecule has 3 rings (SSSR count). The highest BCUT2D eigenvalue weighted by Gasteiger charge is 2.36. The van der Waals surface area contributed by atoms with E-state index >= 15 is 0 Å². The van der Waals surface area contributed by atoms with E-state index in [9.17, 15) is 9.59 Å². The molecule has 1 atom stereocenters. The number of aromatic nitrogens is 2. The van der Waals surface area contributed by atoms with E-state index in [1.54, 1.807) is 4.90 Å². The average Bonchev–Trinajstić information content (AvgIpc) is 2.95. The summed E-state index contributed by atoms with van der Waals surface area (Å²) >= 11 is 0. The first-order valence-electron chi connectivity index (χ1n) is 8.49. The van der Waals surface area contributed by atoms with Crippen LogP contribution in [0.1, 0.15) is 30.3 Å². The van der Waals surface area contributed by atoms with E-state index in [0.717, 1.165) is 29.1 Å². The van der Waals surface area contributed by atoms with Crippen LogP contribution >= 0.6 is 0 Å². The Morgan fingerprint density at radius 1 is 1.24 bits per heavy atom. The van der Waals surface area contributed by atoms with Crippen molar-refractivity contribution >= 4 is 23.5 Å². The Bertz CT molecular complexity index is 799. The summed E-state index contributed by atoms with van der Waals surface area (Å²) in [5.74, 6) is -0.346. The fourth-order valence-electron chi connectivity index (χ4n) is 3.18. The van der Waals surface area contributed by atoms with Gasteiger partial charge in [0.2, 0.25) is 17.8 Å². The smallest absolute Gasteiger partial charge is 0.232 e. The van der Waals surface area contributed by atoms with Gasteiger partial charge in [-0.1, -0.05) is 25.1 Å². The lowest BCUT2D eigenvalue weighted by atomic mass is 10.1. The van der Waals surface area contributed by atoms with Crippen LogP contribution in [0, 0.1) is 19.8 Å². The number of benzene rings is 1.